The van der Waals surface area contributed by atoms with Gasteiger partial charge in [0.05, 0.1) is 6.54 Å². The molecule has 1 saturated heterocycles. The number of rotatable bonds is 7. The first kappa shape index (κ1) is 16.4. The normalized spacial score (nSPS) is 19.9. The molecule has 1 aromatic rings. The second-order valence-electron chi connectivity index (χ2n) is 6.87. The Bertz CT molecular complexity index is 410. The van der Waals surface area contributed by atoms with Gasteiger partial charge in [-0.2, -0.15) is 4.98 Å². The molecule has 1 fully saturated rings. The third-order valence-corrected chi connectivity index (χ3v) is 4.04. The van der Waals surface area contributed by atoms with Crippen molar-refractivity contribution in [2.24, 2.45) is 5.92 Å². The zero-order chi connectivity index (χ0) is 15.2. The van der Waals surface area contributed by atoms with Gasteiger partial charge < -0.3 is 9.84 Å². The molecule has 1 aliphatic heterocycles. The lowest BCUT2D eigenvalue weighted by Crippen LogP contribution is -2.45. The average Bonchev–Trinajstić information content (AvgIpc) is 2.85. The van der Waals surface area contributed by atoms with Crippen molar-refractivity contribution < 1.29 is 4.52 Å². The van der Waals surface area contributed by atoms with Crippen molar-refractivity contribution in [1.82, 2.24) is 20.4 Å². The van der Waals surface area contributed by atoms with Gasteiger partial charge in [0.15, 0.2) is 5.82 Å². The first-order chi connectivity index (χ1) is 10.0. The number of hydrogen-bond acceptors (Lipinski definition) is 5. The molecule has 2 rings (SSSR count). The maximum atomic E-state index is 5.34. The Morgan fingerprint density at radius 1 is 1.29 bits per heavy atom. The van der Waals surface area contributed by atoms with Crippen LogP contribution < -0.4 is 5.32 Å². The van der Waals surface area contributed by atoms with Gasteiger partial charge in [0.2, 0.25) is 5.89 Å². The smallest absolute Gasteiger partial charge is 0.226 e. The zero-order valence-corrected chi connectivity index (χ0v) is 13.9. The fourth-order valence-corrected chi connectivity index (χ4v) is 2.79. The summed E-state index contributed by atoms with van der Waals surface area (Å²) in [5, 5.41) is 7.75. The lowest BCUT2D eigenvalue weighted by molar-refractivity contribution is 0.171. The summed E-state index contributed by atoms with van der Waals surface area (Å²) in [6.45, 7) is 11.8. The van der Waals surface area contributed by atoms with E-state index in [1.165, 1.54) is 19.3 Å². The van der Waals surface area contributed by atoms with Crippen LogP contribution in [0, 0.1) is 5.92 Å². The fraction of sp³-hybridized carbons (Fsp3) is 0.875. The van der Waals surface area contributed by atoms with E-state index in [1.54, 1.807) is 0 Å². The third-order valence-electron chi connectivity index (χ3n) is 4.04. The highest BCUT2D eigenvalue weighted by molar-refractivity contribution is 4.89. The molecule has 1 atom stereocenters. The summed E-state index contributed by atoms with van der Waals surface area (Å²) >= 11 is 0. The summed E-state index contributed by atoms with van der Waals surface area (Å²) in [5.41, 5.74) is 0. The van der Waals surface area contributed by atoms with Gasteiger partial charge in [-0.3, -0.25) is 4.90 Å². The minimum atomic E-state index is 0.487. The van der Waals surface area contributed by atoms with Gasteiger partial charge in [-0.1, -0.05) is 25.4 Å². The van der Waals surface area contributed by atoms with E-state index in [0.717, 1.165) is 37.8 Å². The Kier molecular flexibility index (Phi) is 6.18. The molecule has 21 heavy (non-hydrogen) atoms. The summed E-state index contributed by atoms with van der Waals surface area (Å²) in [5.74, 6) is 2.13. The number of hydrogen-bond donors (Lipinski definition) is 1. The van der Waals surface area contributed by atoms with Crippen molar-refractivity contribution in [3.8, 4) is 0 Å². The SMILES string of the molecule is CC(C)Cc1nc(CN(CC2CCCCN2)C(C)C)no1. The molecule has 1 unspecified atom stereocenters. The number of piperidine rings is 1. The molecule has 0 amide bonds. The topological polar surface area (TPSA) is 54.2 Å². The molecule has 0 bridgehead atoms. The summed E-state index contributed by atoms with van der Waals surface area (Å²) in [7, 11) is 0. The molecule has 0 aromatic carbocycles. The molecule has 1 aliphatic rings. The number of nitrogens with one attached hydrogen (secondary N) is 1. The molecule has 2 heterocycles. The van der Waals surface area contributed by atoms with Crippen molar-refractivity contribution >= 4 is 0 Å². The van der Waals surface area contributed by atoms with Crippen LogP contribution in [0.2, 0.25) is 0 Å². The van der Waals surface area contributed by atoms with E-state index < -0.39 is 0 Å². The first-order valence-corrected chi connectivity index (χ1v) is 8.33. The van der Waals surface area contributed by atoms with Crippen LogP contribution in [0.3, 0.4) is 0 Å². The van der Waals surface area contributed by atoms with Crippen LogP contribution in [-0.2, 0) is 13.0 Å². The molecule has 0 spiro atoms. The average molecular weight is 294 g/mol. The van der Waals surface area contributed by atoms with E-state index in [1.807, 2.05) is 0 Å². The molecule has 0 radical (unpaired) electrons. The zero-order valence-electron chi connectivity index (χ0n) is 13.9. The van der Waals surface area contributed by atoms with Crippen LogP contribution >= 0.6 is 0 Å². The minimum absolute atomic E-state index is 0.487. The largest absolute Gasteiger partial charge is 0.339 e. The van der Waals surface area contributed by atoms with Gasteiger partial charge in [-0.15, -0.1) is 0 Å². The van der Waals surface area contributed by atoms with E-state index >= 15 is 0 Å². The van der Waals surface area contributed by atoms with Gasteiger partial charge in [-0.05, 0) is 39.2 Å². The Labute approximate surface area is 128 Å². The van der Waals surface area contributed by atoms with E-state index in [-0.39, 0.29) is 0 Å². The molecule has 1 aromatic heterocycles. The van der Waals surface area contributed by atoms with Crippen molar-refractivity contribution in [3.05, 3.63) is 11.7 Å². The number of aromatic nitrogens is 2. The van der Waals surface area contributed by atoms with Crippen LogP contribution in [0.25, 0.3) is 0 Å². The van der Waals surface area contributed by atoms with Crippen molar-refractivity contribution in [3.63, 3.8) is 0 Å². The van der Waals surface area contributed by atoms with Gasteiger partial charge in [-0.25, -0.2) is 0 Å². The lowest BCUT2D eigenvalue weighted by Gasteiger charge is -2.32. The predicted molar refractivity (Wildman–Crippen MR) is 84.0 cm³/mol. The van der Waals surface area contributed by atoms with Crippen LogP contribution in [-0.4, -0.2) is 40.2 Å². The molecule has 120 valence electrons. The Balaban J connectivity index is 1.90. The number of nitrogens with zero attached hydrogens (tertiary/aromatic N) is 3. The van der Waals surface area contributed by atoms with Gasteiger partial charge in [0.25, 0.3) is 0 Å². The van der Waals surface area contributed by atoms with Crippen molar-refractivity contribution in [2.75, 3.05) is 13.1 Å². The summed E-state index contributed by atoms with van der Waals surface area (Å²) in [6, 6.07) is 1.09. The predicted octanol–water partition coefficient (Wildman–Crippen LogP) is 2.62. The van der Waals surface area contributed by atoms with Gasteiger partial charge in [0.1, 0.15) is 0 Å². The quantitative estimate of drug-likeness (QED) is 0.838. The molecule has 1 N–H and O–H groups in total. The van der Waals surface area contributed by atoms with Crippen LogP contribution in [0.4, 0.5) is 0 Å². The second-order valence-corrected chi connectivity index (χ2v) is 6.87. The second kappa shape index (κ2) is 7.90. The van der Waals surface area contributed by atoms with E-state index in [0.29, 0.717) is 18.0 Å². The van der Waals surface area contributed by atoms with Crippen LogP contribution in [0.5, 0.6) is 0 Å². The fourth-order valence-electron chi connectivity index (χ4n) is 2.79. The monoisotopic (exact) mass is 294 g/mol. The molecule has 0 saturated carbocycles. The molecule has 0 aliphatic carbocycles. The Morgan fingerprint density at radius 2 is 2.10 bits per heavy atom. The highest BCUT2D eigenvalue weighted by Crippen LogP contribution is 2.13. The first-order valence-electron chi connectivity index (χ1n) is 8.33. The molecular formula is C16H30N4O. The maximum absolute atomic E-state index is 5.34. The third kappa shape index (κ3) is 5.40. The summed E-state index contributed by atoms with van der Waals surface area (Å²) in [4.78, 5) is 6.96. The molecule has 5 heteroatoms. The standard InChI is InChI=1S/C16H30N4O/c1-12(2)9-16-18-15(19-21-16)11-20(13(3)4)10-14-7-5-6-8-17-14/h12-14,17H,5-11H2,1-4H3. The van der Waals surface area contributed by atoms with Gasteiger partial charge in [0, 0.05) is 25.0 Å². The highest BCUT2D eigenvalue weighted by Gasteiger charge is 2.20. The van der Waals surface area contributed by atoms with E-state index in [4.69, 9.17) is 4.52 Å². The maximum Gasteiger partial charge on any atom is 0.226 e. The highest BCUT2D eigenvalue weighted by atomic mass is 16.5. The van der Waals surface area contributed by atoms with Crippen molar-refractivity contribution in [2.45, 2.75) is 72.0 Å². The van der Waals surface area contributed by atoms with Crippen molar-refractivity contribution in [1.29, 1.82) is 0 Å². The van der Waals surface area contributed by atoms with E-state index in [2.05, 4.69) is 48.1 Å². The Hall–Kier alpha value is -0.940. The van der Waals surface area contributed by atoms with Crippen LogP contribution in [0.15, 0.2) is 4.52 Å². The molecular weight excluding hydrogens is 264 g/mol. The van der Waals surface area contributed by atoms with E-state index in [9.17, 15) is 0 Å². The Morgan fingerprint density at radius 3 is 2.71 bits per heavy atom. The lowest BCUT2D eigenvalue weighted by atomic mass is 10.0. The minimum Gasteiger partial charge on any atom is -0.339 e. The summed E-state index contributed by atoms with van der Waals surface area (Å²) in [6.07, 6.45) is 4.78. The van der Waals surface area contributed by atoms with Crippen LogP contribution in [0.1, 0.15) is 58.7 Å². The summed E-state index contributed by atoms with van der Waals surface area (Å²) < 4.78 is 5.34. The van der Waals surface area contributed by atoms with Gasteiger partial charge >= 0.3 is 0 Å². The molecule has 5 nitrogen and oxygen atoms in total.